The molecule has 0 spiro atoms. The van der Waals surface area contributed by atoms with Crippen molar-refractivity contribution in [2.24, 2.45) is 0 Å². The summed E-state index contributed by atoms with van der Waals surface area (Å²) in [5, 5.41) is 10.7. The van der Waals surface area contributed by atoms with Crippen LogP contribution in [0.15, 0.2) is 36.5 Å². The third kappa shape index (κ3) is 3.05. The zero-order chi connectivity index (χ0) is 15.6. The number of carbonyl (C=O) groups excluding carboxylic acids is 1. The molecule has 0 fully saturated rings. The standard InChI is InChI=1S/C15H15N3O3/c1-10-7-13(18(20)21)9-16-14(10)11-5-4-6-12(8-11)15(19)17(2)3/h4-9H,1-3H3. The summed E-state index contributed by atoms with van der Waals surface area (Å²) in [4.78, 5) is 27.9. The van der Waals surface area contributed by atoms with Gasteiger partial charge in [0.05, 0.1) is 10.6 Å². The molecule has 0 saturated carbocycles. The molecular formula is C15H15N3O3. The van der Waals surface area contributed by atoms with Gasteiger partial charge in [0.2, 0.25) is 0 Å². The fourth-order valence-corrected chi connectivity index (χ4v) is 2.02. The van der Waals surface area contributed by atoms with Gasteiger partial charge in [-0.3, -0.25) is 14.9 Å². The molecular weight excluding hydrogens is 270 g/mol. The summed E-state index contributed by atoms with van der Waals surface area (Å²) in [6.45, 7) is 1.76. The lowest BCUT2D eigenvalue weighted by Crippen LogP contribution is -2.21. The van der Waals surface area contributed by atoms with Gasteiger partial charge in [-0.15, -0.1) is 0 Å². The molecule has 6 nitrogen and oxygen atoms in total. The number of pyridine rings is 1. The summed E-state index contributed by atoms with van der Waals surface area (Å²) < 4.78 is 0. The van der Waals surface area contributed by atoms with E-state index in [-0.39, 0.29) is 11.6 Å². The first-order valence-electron chi connectivity index (χ1n) is 6.33. The van der Waals surface area contributed by atoms with Crippen LogP contribution in [0.4, 0.5) is 5.69 Å². The Balaban J connectivity index is 2.45. The van der Waals surface area contributed by atoms with Gasteiger partial charge in [-0.05, 0) is 24.6 Å². The van der Waals surface area contributed by atoms with Crippen LogP contribution in [-0.4, -0.2) is 34.8 Å². The van der Waals surface area contributed by atoms with Crippen LogP contribution in [0, 0.1) is 17.0 Å². The maximum absolute atomic E-state index is 12.0. The SMILES string of the molecule is Cc1cc([N+](=O)[O-])cnc1-c1cccc(C(=O)N(C)C)c1. The van der Waals surface area contributed by atoms with Crippen molar-refractivity contribution in [2.75, 3.05) is 14.1 Å². The Morgan fingerprint density at radius 3 is 2.57 bits per heavy atom. The topological polar surface area (TPSA) is 76.3 Å². The minimum absolute atomic E-state index is 0.0447. The molecule has 0 aliphatic rings. The molecule has 0 bridgehead atoms. The molecule has 0 aliphatic carbocycles. The molecule has 1 aromatic heterocycles. The summed E-state index contributed by atoms with van der Waals surface area (Å²) in [5.74, 6) is -0.101. The molecule has 108 valence electrons. The first kappa shape index (κ1) is 14.6. The molecule has 2 aromatic rings. The van der Waals surface area contributed by atoms with E-state index in [0.29, 0.717) is 16.8 Å². The van der Waals surface area contributed by atoms with E-state index in [4.69, 9.17) is 0 Å². The zero-order valence-corrected chi connectivity index (χ0v) is 12.0. The fourth-order valence-electron chi connectivity index (χ4n) is 2.02. The highest BCUT2D eigenvalue weighted by Crippen LogP contribution is 2.25. The van der Waals surface area contributed by atoms with Crippen molar-refractivity contribution >= 4 is 11.6 Å². The lowest BCUT2D eigenvalue weighted by atomic mass is 10.0. The Kier molecular flexibility index (Phi) is 3.98. The van der Waals surface area contributed by atoms with E-state index in [1.54, 1.807) is 39.2 Å². The maximum Gasteiger partial charge on any atom is 0.287 e. The average molecular weight is 285 g/mol. The van der Waals surface area contributed by atoms with Crippen LogP contribution in [-0.2, 0) is 0 Å². The molecule has 0 saturated heterocycles. The van der Waals surface area contributed by atoms with Gasteiger partial charge >= 0.3 is 0 Å². The Labute approximate surface area is 122 Å². The van der Waals surface area contributed by atoms with Gasteiger partial charge < -0.3 is 4.90 Å². The van der Waals surface area contributed by atoms with E-state index >= 15 is 0 Å². The maximum atomic E-state index is 12.0. The van der Waals surface area contributed by atoms with Gasteiger partial charge in [0.15, 0.2) is 0 Å². The molecule has 0 radical (unpaired) electrons. The van der Waals surface area contributed by atoms with Crippen LogP contribution in [0.3, 0.4) is 0 Å². The van der Waals surface area contributed by atoms with Crippen LogP contribution in [0.2, 0.25) is 0 Å². The monoisotopic (exact) mass is 285 g/mol. The molecule has 0 atom stereocenters. The van der Waals surface area contributed by atoms with E-state index in [9.17, 15) is 14.9 Å². The zero-order valence-electron chi connectivity index (χ0n) is 12.0. The van der Waals surface area contributed by atoms with Crippen LogP contribution >= 0.6 is 0 Å². The number of hydrogen-bond donors (Lipinski definition) is 0. The number of aryl methyl sites for hydroxylation is 1. The molecule has 0 unspecified atom stereocenters. The minimum Gasteiger partial charge on any atom is -0.345 e. The van der Waals surface area contributed by atoms with Gasteiger partial charge in [0.1, 0.15) is 6.20 Å². The molecule has 2 rings (SSSR count). The predicted octanol–water partition coefficient (Wildman–Crippen LogP) is 2.67. The van der Waals surface area contributed by atoms with Crippen molar-refractivity contribution in [3.63, 3.8) is 0 Å². The van der Waals surface area contributed by atoms with E-state index in [0.717, 1.165) is 5.56 Å². The van der Waals surface area contributed by atoms with Gasteiger partial charge in [-0.2, -0.15) is 0 Å². The molecule has 21 heavy (non-hydrogen) atoms. The number of carbonyl (C=O) groups is 1. The Morgan fingerprint density at radius 1 is 1.29 bits per heavy atom. The molecule has 0 aliphatic heterocycles. The minimum atomic E-state index is -0.476. The largest absolute Gasteiger partial charge is 0.345 e. The van der Waals surface area contributed by atoms with Crippen molar-refractivity contribution in [1.82, 2.24) is 9.88 Å². The number of nitro groups is 1. The fraction of sp³-hybridized carbons (Fsp3) is 0.200. The lowest BCUT2D eigenvalue weighted by molar-refractivity contribution is -0.385. The third-order valence-corrected chi connectivity index (χ3v) is 3.06. The summed E-state index contributed by atoms with van der Waals surface area (Å²) in [6, 6.07) is 8.54. The average Bonchev–Trinajstić information content (AvgIpc) is 2.46. The summed E-state index contributed by atoms with van der Waals surface area (Å²) in [7, 11) is 3.37. The molecule has 1 heterocycles. The highest BCUT2D eigenvalue weighted by atomic mass is 16.6. The quantitative estimate of drug-likeness (QED) is 0.641. The second-order valence-corrected chi connectivity index (χ2v) is 4.90. The number of benzene rings is 1. The summed E-state index contributed by atoms with van der Waals surface area (Å²) >= 11 is 0. The van der Waals surface area contributed by atoms with Gasteiger partial charge in [-0.1, -0.05) is 12.1 Å². The number of amides is 1. The molecule has 1 aromatic carbocycles. The lowest BCUT2D eigenvalue weighted by Gasteiger charge is -2.11. The van der Waals surface area contributed by atoms with Crippen LogP contribution in [0.5, 0.6) is 0 Å². The van der Waals surface area contributed by atoms with Crippen molar-refractivity contribution in [2.45, 2.75) is 6.92 Å². The molecule has 1 amide bonds. The predicted molar refractivity (Wildman–Crippen MR) is 79.1 cm³/mol. The third-order valence-electron chi connectivity index (χ3n) is 3.06. The van der Waals surface area contributed by atoms with Gasteiger partial charge in [-0.25, -0.2) is 4.98 Å². The van der Waals surface area contributed by atoms with Crippen LogP contribution in [0.25, 0.3) is 11.3 Å². The second-order valence-electron chi connectivity index (χ2n) is 4.90. The Morgan fingerprint density at radius 2 is 2.00 bits per heavy atom. The van der Waals surface area contributed by atoms with Gasteiger partial charge in [0.25, 0.3) is 11.6 Å². The van der Waals surface area contributed by atoms with E-state index in [1.807, 2.05) is 6.07 Å². The van der Waals surface area contributed by atoms with E-state index < -0.39 is 4.92 Å². The van der Waals surface area contributed by atoms with Crippen molar-refractivity contribution in [3.8, 4) is 11.3 Å². The highest BCUT2D eigenvalue weighted by molar-refractivity contribution is 5.95. The number of nitrogens with zero attached hydrogens (tertiary/aromatic N) is 3. The Hall–Kier alpha value is -2.76. The van der Waals surface area contributed by atoms with Crippen molar-refractivity contribution in [1.29, 1.82) is 0 Å². The second kappa shape index (κ2) is 5.70. The highest BCUT2D eigenvalue weighted by Gasteiger charge is 2.13. The van der Waals surface area contributed by atoms with Crippen molar-refractivity contribution in [3.05, 3.63) is 57.8 Å². The normalized spacial score (nSPS) is 10.2. The van der Waals surface area contributed by atoms with Crippen molar-refractivity contribution < 1.29 is 9.72 Å². The van der Waals surface area contributed by atoms with Crippen LogP contribution in [0.1, 0.15) is 15.9 Å². The smallest absolute Gasteiger partial charge is 0.287 e. The number of hydrogen-bond acceptors (Lipinski definition) is 4. The van der Waals surface area contributed by atoms with E-state index in [1.165, 1.54) is 17.2 Å². The first-order valence-corrected chi connectivity index (χ1v) is 6.33. The Bertz CT molecular complexity index is 711. The summed E-state index contributed by atoms with van der Waals surface area (Å²) in [6.07, 6.45) is 1.22. The van der Waals surface area contributed by atoms with Crippen LogP contribution < -0.4 is 0 Å². The summed E-state index contributed by atoms with van der Waals surface area (Å²) in [5.41, 5.74) is 2.59. The van der Waals surface area contributed by atoms with Gasteiger partial charge in [0, 0.05) is 31.3 Å². The first-order chi connectivity index (χ1) is 9.90. The number of rotatable bonds is 3. The molecule has 6 heteroatoms. The number of aromatic nitrogens is 1. The van der Waals surface area contributed by atoms with E-state index in [2.05, 4.69) is 4.98 Å². The molecule has 0 N–H and O–H groups in total.